The van der Waals surface area contributed by atoms with E-state index < -0.39 is 16.9 Å². The van der Waals surface area contributed by atoms with E-state index in [0.717, 1.165) is 25.7 Å². The molecule has 1 heterocycles. The number of benzene rings is 2. The molecule has 0 unspecified atom stereocenters. The summed E-state index contributed by atoms with van der Waals surface area (Å²) in [4.78, 5) is 0. The van der Waals surface area contributed by atoms with Gasteiger partial charge in [0, 0.05) is 25.0 Å². The molecule has 4 nitrogen and oxygen atoms in total. The van der Waals surface area contributed by atoms with Crippen LogP contribution in [0.5, 0.6) is 0 Å². The molecule has 1 aliphatic heterocycles. The van der Waals surface area contributed by atoms with Gasteiger partial charge in [0.05, 0.1) is 0 Å². The van der Waals surface area contributed by atoms with Crippen LogP contribution < -0.4 is 0 Å². The standard InChI is InChI=1S/C26H32N2O2/c1-3-18-29-26(30-19-4-2)24(20-12-7-5-8-13-20)22-16-11-17-23(22)25(26,28-27-24)21-14-9-6-10-15-21/h5-10,12-15,22-23H,3-4,11,16-19H2,1-2H3/t22-,23+,24-,25+. The zero-order valence-corrected chi connectivity index (χ0v) is 18.1. The lowest BCUT2D eigenvalue weighted by atomic mass is 9.74. The van der Waals surface area contributed by atoms with Crippen LogP contribution in [0, 0.1) is 11.8 Å². The summed E-state index contributed by atoms with van der Waals surface area (Å²) in [6.45, 7) is 5.59. The lowest BCUT2D eigenvalue weighted by Crippen LogP contribution is -2.59. The molecule has 4 atom stereocenters. The molecule has 3 aliphatic rings. The number of fused-ring (bicyclic) bond motifs is 5. The van der Waals surface area contributed by atoms with Gasteiger partial charge in [0.25, 0.3) is 0 Å². The van der Waals surface area contributed by atoms with E-state index in [1.807, 2.05) is 0 Å². The monoisotopic (exact) mass is 404 g/mol. The summed E-state index contributed by atoms with van der Waals surface area (Å²) in [6.07, 6.45) is 5.35. The Morgan fingerprint density at radius 1 is 0.733 bits per heavy atom. The second-order valence-corrected chi connectivity index (χ2v) is 8.92. The highest BCUT2D eigenvalue weighted by Gasteiger charge is 2.84. The third kappa shape index (κ3) is 2.35. The maximum Gasteiger partial charge on any atom is 0.232 e. The van der Waals surface area contributed by atoms with E-state index in [4.69, 9.17) is 19.7 Å². The quantitative estimate of drug-likeness (QED) is 0.490. The van der Waals surface area contributed by atoms with Gasteiger partial charge in [-0.3, -0.25) is 0 Å². The van der Waals surface area contributed by atoms with Gasteiger partial charge in [-0.2, -0.15) is 10.2 Å². The second kappa shape index (κ2) is 7.58. The SMILES string of the molecule is CCCOC1(OCCC)[C@]2(c3ccccc3)N=N[C@@]1(c1ccccc1)[C@H]1CCC[C@H]12. The van der Waals surface area contributed by atoms with E-state index in [2.05, 4.69) is 74.5 Å². The van der Waals surface area contributed by atoms with Crippen molar-refractivity contribution in [2.45, 2.75) is 62.8 Å². The Labute approximate surface area is 179 Å². The molecule has 0 aromatic heterocycles. The molecule has 0 radical (unpaired) electrons. The average molecular weight is 405 g/mol. The summed E-state index contributed by atoms with van der Waals surface area (Å²) in [5.41, 5.74) is 1.15. The van der Waals surface area contributed by atoms with E-state index in [1.165, 1.54) is 17.5 Å². The fourth-order valence-electron chi connectivity index (χ4n) is 6.46. The molecular formula is C26H32N2O2. The predicted octanol–water partition coefficient (Wildman–Crippen LogP) is 6.22. The smallest absolute Gasteiger partial charge is 0.232 e. The highest BCUT2D eigenvalue weighted by atomic mass is 16.7. The van der Waals surface area contributed by atoms with Crippen molar-refractivity contribution in [3.63, 3.8) is 0 Å². The van der Waals surface area contributed by atoms with Gasteiger partial charge in [-0.1, -0.05) is 80.9 Å². The van der Waals surface area contributed by atoms with Gasteiger partial charge in [-0.05, 0) is 36.8 Å². The van der Waals surface area contributed by atoms with Gasteiger partial charge in [0.1, 0.15) is 0 Å². The zero-order valence-electron chi connectivity index (χ0n) is 18.1. The molecule has 30 heavy (non-hydrogen) atoms. The Morgan fingerprint density at radius 3 is 1.57 bits per heavy atom. The number of rotatable bonds is 8. The Hall–Kier alpha value is -2.04. The molecular weight excluding hydrogens is 372 g/mol. The summed E-state index contributed by atoms with van der Waals surface area (Å²) in [6, 6.07) is 21.3. The molecule has 2 aliphatic carbocycles. The average Bonchev–Trinajstić information content (AvgIpc) is 3.45. The predicted molar refractivity (Wildman–Crippen MR) is 117 cm³/mol. The van der Waals surface area contributed by atoms with Gasteiger partial charge in [0.2, 0.25) is 5.79 Å². The lowest BCUT2D eigenvalue weighted by molar-refractivity contribution is -0.289. The van der Waals surface area contributed by atoms with Crippen LogP contribution in [0.3, 0.4) is 0 Å². The molecule has 2 saturated carbocycles. The molecule has 0 N–H and O–H groups in total. The van der Waals surface area contributed by atoms with Crippen molar-refractivity contribution >= 4 is 0 Å². The molecule has 0 amide bonds. The van der Waals surface area contributed by atoms with E-state index in [0.29, 0.717) is 25.0 Å². The third-order valence-corrected chi connectivity index (χ3v) is 7.40. The third-order valence-electron chi connectivity index (χ3n) is 7.40. The van der Waals surface area contributed by atoms with E-state index in [1.54, 1.807) is 0 Å². The van der Waals surface area contributed by atoms with E-state index in [9.17, 15) is 0 Å². The Bertz CT molecular complexity index is 826. The summed E-state index contributed by atoms with van der Waals surface area (Å²) < 4.78 is 13.7. The van der Waals surface area contributed by atoms with Gasteiger partial charge >= 0.3 is 0 Å². The van der Waals surface area contributed by atoms with E-state index >= 15 is 0 Å². The first-order valence-corrected chi connectivity index (χ1v) is 11.6. The van der Waals surface area contributed by atoms with Gasteiger partial charge in [-0.25, -0.2) is 0 Å². The summed E-state index contributed by atoms with van der Waals surface area (Å²) in [7, 11) is 0. The van der Waals surface area contributed by atoms with Crippen molar-refractivity contribution in [2.24, 2.45) is 22.1 Å². The molecule has 158 valence electrons. The van der Waals surface area contributed by atoms with Crippen LogP contribution in [0.1, 0.15) is 57.1 Å². The van der Waals surface area contributed by atoms with Crippen LogP contribution in [0.4, 0.5) is 0 Å². The Morgan fingerprint density at radius 2 is 1.17 bits per heavy atom. The van der Waals surface area contributed by atoms with Crippen molar-refractivity contribution in [1.82, 2.24) is 0 Å². The highest BCUT2D eigenvalue weighted by molar-refractivity contribution is 5.46. The fourth-order valence-corrected chi connectivity index (χ4v) is 6.46. The van der Waals surface area contributed by atoms with Crippen LogP contribution >= 0.6 is 0 Å². The summed E-state index contributed by atoms with van der Waals surface area (Å²) in [5.74, 6) is -0.178. The molecule has 0 spiro atoms. The first-order chi connectivity index (χ1) is 14.8. The van der Waals surface area contributed by atoms with E-state index in [-0.39, 0.29) is 0 Å². The molecule has 2 bridgehead atoms. The minimum Gasteiger partial charge on any atom is -0.345 e. The fraction of sp³-hybridized carbons (Fsp3) is 0.538. The molecule has 0 saturated heterocycles. The minimum atomic E-state index is -0.912. The topological polar surface area (TPSA) is 43.2 Å². The summed E-state index contributed by atoms with van der Waals surface area (Å²) >= 11 is 0. The van der Waals surface area contributed by atoms with Crippen LogP contribution in [0.2, 0.25) is 0 Å². The van der Waals surface area contributed by atoms with Crippen LogP contribution in [0.25, 0.3) is 0 Å². The van der Waals surface area contributed by atoms with Crippen molar-refractivity contribution in [2.75, 3.05) is 13.2 Å². The summed E-state index contributed by atoms with van der Waals surface area (Å²) in [5, 5.41) is 10.3. The maximum atomic E-state index is 6.87. The van der Waals surface area contributed by atoms with Crippen molar-refractivity contribution in [1.29, 1.82) is 0 Å². The lowest BCUT2D eigenvalue weighted by Gasteiger charge is -2.46. The first kappa shape index (κ1) is 19.9. The Balaban J connectivity index is 1.80. The van der Waals surface area contributed by atoms with Crippen LogP contribution in [-0.2, 0) is 20.6 Å². The molecule has 2 fully saturated rings. The van der Waals surface area contributed by atoms with Gasteiger partial charge in [0.15, 0.2) is 11.1 Å². The molecule has 2 aromatic carbocycles. The normalized spacial score (nSPS) is 33.1. The molecule has 4 heteroatoms. The number of azo groups is 1. The second-order valence-electron chi connectivity index (χ2n) is 8.92. The minimum absolute atomic E-state index is 0.367. The largest absolute Gasteiger partial charge is 0.345 e. The number of nitrogens with zero attached hydrogens (tertiary/aromatic N) is 2. The van der Waals surface area contributed by atoms with Crippen molar-refractivity contribution < 1.29 is 9.47 Å². The molecule has 5 rings (SSSR count). The van der Waals surface area contributed by atoms with Crippen molar-refractivity contribution in [3.8, 4) is 0 Å². The number of ether oxygens (including phenoxy) is 2. The first-order valence-electron chi connectivity index (χ1n) is 11.6. The van der Waals surface area contributed by atoms with Gasteiger partial charge < -0.3 is 9.47 Å². The number of hydrogen-bond donors (Lipinski definition) is 0. The van der Waals surface area contributed by atoms with Crippen LogP contribution in [0.15, 0.2) is 70.9 Å². The number of hydrogen-bond acceptors (Lipinski definition) is 4. The Kier molecular flexibility index (Phi) is 5.03. The zero-order chi connectivity index (χ0) is 20.7. The van der Waals surface area contributed by atoms with Crippen molar-refractivity contribution in [3.05, 3.63) is 71.8 Å². The molecule has 2 aromatic rings. The highest BCUT2D eigenvalue weighted by Crippen LogP contribution is 2.75. The van der Waals surface area contributed by atoms with Gasteiger partial charge in [-0.15, -0.1) is 0 Å². The van der Waals surface area contributed by atoms with Crippen LogP contribution in [-0.4, -0.2) is 19.0 Å². The maximum absolute atomic E-state index is 6.87.